The molecular weight excluding hydrogens is 396 g/mol. The summed E-state index contributed by atoms with van der Waals surface area (Å²) in [6, 6.07) is 11.5. The summed E-state index contributed by atoms with van der Waals surface area (Å²) in [4.78, 5) is 38.0. The minimum atomic E-state index is -0.537. The standard InChI is InChI=1S/C24H26N2O5/c1-15-8-9-19-18(13-30-20(19)10-15)11-23(29)31-14-22(28)26(4)12-21(27)25-24-16(2)6-5-7-17(24)3/h5-10,13H,11-12,14H2,1-4H3,(H,25,27). The van der Waals surface area contributed by atoms with Gasteiger partial charge in [0.05, 0.1) is 19.2 Å². The number of ether oxygens (including phenoxy) is 1. The first kappa shape index (κ1) is 22.1. The number of esters is 1. The molecule has 0 unspecified atom stereocenters. The van der Waals surface area contributed by atoms with Crippen molar-refractivity contribution in [3.05, 3.63) is 64.9 Å². The van der Waals surface area contributed by atoms with Crippen LogP contribution in [0.3, 0.4) is 0 Å². The van der Waals surface area contributed by atoms with E-state index < -0.39 is 18.5 Å². The maximum Gasteiger partial charge on any atom is 0.310 e. The monoisotopic (exact) mass is 422 g/mol. The molecule has 0 fully saturated rings. The van der Waals surface area contributed by atoms with Crippen molar-refractivity contribution < 1.29 is 23.5 Å². The summed E-state index contributed by atoms with van der Waals surface area (Å²) in [5, 5.41) is 3.67. The van der Waals surface area contributed by atoms with Gasteiger partial charge in [-0.1, -0.05) is 30.3 Å². The smallest absolute Gasteiger partial charge is 0.310 e. The molecule has 0 saturated heterocycles. The summed E-state index contributed by atoms with van der Waals surface area (Å²) in [7, 11) is 1.49. The maximum absolute atomic E-state index is 12.3. The number of hydrogen-bond acceptors (Lipinski definition) is 5. The van der Waals surface area contributed by atoms with Gasteiger partial charge in [0.2, 0.25) is 5.91 Å². The van der Waals surface area contributed by atoms with E-state index in [-0.39, 0.29) is 18.9 Å². The third-order valence-electron chi connectivity index (χ3n) is 5.05. The number of rotatable bonds is 7. The molecule has 2 amide bonds. The Bertz CT molecular complexity index is 1110. The van der Waals surface area contributed by atoms with Gasteiger partial charge in [0.15, 0.2) is 6.61 Å². The predicted molar refractivity (Wildman–Crippen MR) is 118 cm³/mol. The molecule has 7 heteroatoms. The fourth-order valence-electron chi connectivity index (χ4n) is 3.28. The van der Waals surface area contributed by atoms with Crippen molar-refractivity contribution in [2.45, 2.75) is 27.2 Å². The van der Waals surface area contributed by atoms with Crippen LogP contribution in [0.2, 0.25) is 0 Å². The molecule has 0 saturated carbocycles. The number of nitrogens with one attached hydrogen (secondary N) is 1. The summed E-state index contributed by atoms with van der Waals surface area (Å²) in [5.41, 5.74) is 5.09. The van der Waals surface area contributed by atoms with Crippen molar-refractivity contribution in [3.8, 4) is 0 Å². The Morgan fingerprint density at radius 1 is 1.06 bits per heavy atom. The molecule has 3 rings (SSSR count). The van der Waals surface area contributed by atoms with Gasteiger partial charge in [0, 0.05) is 23.7 Å². The Kier molecular flexibility index (Phi) is 6.74. The van der Waals surface area contributed by atoms with Crippen LogP contribution in [-0.2, 0) is 25.5 Å². The van der Waals surface area contributed by atoms with Gasteiger partial charge < -0.3 is 19.4 Å². The summed E-state index contributed by atoms with van der Waals surface area (Å²) in [6.45, 7) is 5.19. The molecule has 162 valence electrons. The number of fused-ring (bicyclic) bond motifs is 1. The van der Waals surface area contributed by atoms with E-state index >= 15 is 0 Å². The van der Waals surface area contributed by atoms with Crippen LogP contribution in [0.4, 0.5) is 5.69 Å². The van der Waals surface area contributed by atoms with Crippen LogP contribution in [-0.4, -0.2) is 42.9 Å². The topological polar surface area (TPSA) is 88.9 Å². The van der Waals surface area contributed by atoms with Gasteiger partial charge in [-0.15, -0.1) is 0 Å². The molecule has 0 bridgehead atoms. The molecule has 0 atom stereocenters. The van der Waals surface area contributed by atoms with Crippen LogP contribution >= 0.6 is 0 Å². The number of benzene rings is 2. The summed E-state index contributed by atoms with van der Waals surface area (Å²) in [5.74, 6) is -1.32. The lowest BCUT2D eigenvalue weighted by atomic mass is 10.1. The van der Waals surface area contributed by atoms with Crippen molar-refractivity contribution in [2.24, 2.45) is 0 Å². The zero-order chi connectivity index (χ0) is 22.5. The molecule has 1 N–H and O–H groups in total. The molecule has 31 heavy (non-hydrogen) atoms. The van der Waals surface area contributed by atoms with Gasteiger partial charge in [-0.25, -0.2) is 0 Å². The highest BCUT2D eigenvalue weighted by Gasteiger charge is 2.17. The number of likely N-dealkylation sites (N-methyl/N-ethyl adjacent to an activating group) is 1. The number of aryl methyl sites for hydroxylation is 3. The first-order chi connectivity index (χ1) is 14.7. The third kappa shape index (κ3) is 5.51. The normalized spacial score (nSPS) is 10.7. The van der Waals surface area contributed by atoms with Crippen LogP contribution in [0.15, 0.2) is 47.1 Å². The average Bonchev–Trinajstić information content (AvgIpc) is 3.10. The lowest BCUT2D eigenvalue weighted by Crippen LogP contribution is -2.37. The van der Waals surface area contributed by atoms with Gasteiger partial charge in [-0.05, 0) is 43.5 Å². The summed E-state index contributed by atoms with van der Waals surface area (Å²) >= 11 is 0. The van der Waals surface area contributed by atoms with Gasteiger partial charge in [-0.3, -0.25) is 14.4 Å². The number of hydrogen-bond donors (Lipinski definition) is 1. The molecule has 0 aliphatic carbocycles. The second kappa shape index (κ2) is 9.47. The van der Waals surface area contributed by atoms with E-state index in [1.54, 1.807) is 0 Å². The minimum absolute atomic E-state index is 0.000101. The van der Waals surface area contributed by atoms with Crippen LogP contribution in [0.1, 0.15) is 22.3 Å². The predicted octanol–water partition coefficient (Wildman–Crippen LogP) is 3.54. The molecule has 0 aliphatic heterocycles. The average molecular weight is 422 g/mol. The Morgan fingerprint density at radius 3 is 2.48 bits per heavy atom. The second-order valence-corrected chi connectivity index (χ2v) is 7.66. The summed E-state index contributed by atoms with van der Waals surface area (Å²) in [6.07, 6.45) is 1.53. The summed E-state index contributed by atoms with van der Waals surface area (Å²) < 4.78 is 10.6. The number of carbonyl (C=O) groups excluding carboxylic acids is 3. The van der Waals surface area contributed by atoms with Crippen molar-refractivity contribution in [3.63, 3.8) is 0 Å². The molecule has 0 spiro atoms. The number of furan rings is 1. The number of nitrogens with zero attached hydrogens (tertiary/aromatic N) is 1. The van der Waals surface area contributed by atoms with Crippen molar-refractivity contribution >= 4 is 34.4 Å². The molecule has 3 aromatic rings. The highest BCUT2D eigenvalue weighted by molar-refractivity contribution is 5.96. The van der Waals surface area contributed by atoms with E-state index in [1.807, 2.05) is 57.2 Å². The third-order valence-corrected chi connectivity index (χ3v) is 5.05. The second-order valence-electron chi connectivity index (χ2n) is 7.66. The van der Waals surface area contributed by atoms with E-state index in [0.717, 1.165) is 27.8 Å². The maximum atomic E-state index is 12.3. The Hall–Kier alpha value is -3.61. The van der Waals surface area contributed by atoms with Crippen LogP contribution in [0, 0.1) is 20.8 Å². The number of anilines is 1. The van der Waals surface area contributed by atoms with Gasteiger partial charge >= 0.3 is 5.97 Å². The zero-order valence-electron chi connectivity index (χ0n) is 18.2. The molecule has 0 radical (unpaired) electrons. The first-order valence-corrected chi connectivity index (χ1v) is 9.97. The molecule has 2 aromatic carbocycles. The van der Waals surface area contributed by atoms with E-state index in [4.69, 9.17) is 9.15 Å². The lowest BCUT2D eigenvalue weighted by Gasteiger charge is -2.18. The molecule has 1 aromatic heterocycles. The molecule has 1 heterocycles. The quantitative estimate of drug-likeness (QED) is 0.589. The van der Waals surface area contributed by atoms with Crippen LogP contribution < -0.4 is 5.32 Å². The van der Waals surface area contributed by atoms with Gasteiger partial charge in [0.1, 0.15) is 5.58 Å². The van der Waals surface area contributed by atoms with Gasteiger partial charge in [-0.2, -0.15) is 0 Å². The molecule has 7 nitrogen and oxygen atoms in total. The highest BCUT2D eigenvalue weighted by atomic mass is 16.5. The Balaban J connectivity index is 1.49. The Morgan fingerprint density at radius 2 is 1.77 bits per heavy atom. The molecular formula is C24H26N2O5. The highest BCUT2D eigenvalue weighted by Crippen LogP contribution is 2.23. The van der Waals surface area contributed by atoms with E-state index in [9.17, 15) is 14.4 Å². The zero-order valence-corrected chi connectivity index (χ0v) is 18.2. The van der Waals surface area contributed by atoms with Crippen LogP contribution in [0.25, 0.3) is 11.0 Å². The number of carbonyl (C=O) groups is 3. The van der Waals surface area contributed by atoms with E-state index in [0.29, 0.717) is 11.1 Å². The first-order valence-electron chi connectivity index (χ1n) is 9.97. The van der Waals surface area contributed by atoms with E-state index in [2.05, 4.69) is 5.32 Å². The van der Waals surface area contributed by atoms with Crippen molar-refractivity contribution in [2.75, 3.05) is 25.5 Å². The van der Waals surface area contributed by atoms with Gasteiger partial charge in [0.25, 0.3) is 5.91 Å². The number of amides is 2. The molecule has 0 aliphatic rings. The number of para-hydroxylation sites is 1. The minimum Gasteiger partial charge on any atom is -0.464 e. The van der Waals surface area contributed by atoms with Crippen LogP contribution in [0.5, 0.6) is 0 Å². The fraction of sp³-hybridized carbons (Fsp3) is 0.292. The SMILES string of the molecule is Cc1ccc2c(CC(=O)OCC(=O)N(C)CC(=O)Nc3c(C)cccc3C)coc2c1. The lowest BCUT2D eigenvalue weighted by molar-refractivity contribution is -0.151. The largest absolute Gasteiger partial charge is 0.464 e. The Labute approximate surface area is 181 Å². The van der Waals surface area contributed by atoms with Crippen molar-refractivity contribution in [1.29, 1.82) is 0 Å². The van der Waals surface area contributed by atoms with E-state index in [1.165, 1.54) is 18.2 Å². The fourth-order valence-corrected chi connectivity index (χ4v) is 3.28. The van der Waals surface area contributed by atoms with Crippen molar-refractivity contribution in [1.82, 2.24) is 4.90 Å².